The van der Waals surface area contributed by atoms with Crippen molar-refractivity contribution in [3.05, 3.63) is 65.2 Å². The van der Waals surface area contributed by atoms with Crippen molar-refractivity contribution in [3.8, 4) is 5.75 Å². The normalized spacial score (nSPS) is 27.2. The van der Waals surface area contributed by atoms with Gasteiger partial charge in [0.05, 0.1) is 6.61 Å². The summed E-state index contributed by atoms with van der Waals surface area (Å²) in [5.41, 5.74) is 1.30. The molecular weight excluding hydrogens is 330 g/mol. The molecule has 2 unspecified atom stereocenters. The molecule has 24 heavy (non-hydrogen) atoms. The summed E-state index contributed by atoms with van der Waals surface area (Å²) in [6.45, 7) is 1.41. The number of rotatable bonds is 1. The lowest BCUT2D eigenvalue weighted by molar-refractivity contribution is 0.130. The third-order valence-electron chi connectivity index (χ3n) is 4.96. The number of hydrazone groups is 1. The van der Waals surface area contributed by atoms with E-state index in [2.05, 4.69) is 5.10 Å². The van der Waals surface area contributed by atoms with Crippen molar-refractivity contribution in [3.63, 3.8) is 0 Å². The van der Waals surface area contributed by atoms with Gasteiger partial charge in [0.1, 0.15) is 27.3 Å². The van der Waals surface area contributed by atoms with Crippen molar-refractivity contribution in [1.82, 2.24) is 5.01 Å². The Labute approximate surface area is 142 Å². The van der Waals surface area contributed by atoms with Crippen LogP contribution in [-0.4, -0.2) is 23.2 Å². The fourth-order valence-electron chi connectivity index (χ4n) is 3.85. The Morgan fingerprint density at radius 3 is 3.00 bits per heavy atom. The molecule has 3 nitrogen and oxygen atoms in total. The quantitative estimate of drug-likeness (QED) is 0.783. The Kier molecular flexibility index (Phi) is 2.95. The number of hydrogen-bond acceptors (Lipinski definition) is 4. The van der Waals surface area contributed by atoms with Gasteiger partial charge in [0.2, 0.25) is 0 Å². The predicted molar refractivity (Wildman–Crippen MR) is 88.9 cm³/mol. The number of halogens is 2. The molecule has 0 radical (unpaired) electrons. The molecule has 0 aliphatic carbocycles. The van der Waals surface area contributed by atoms with E-state index in [0.717, 1.165) is 36.4 Å². The van der Waals surface area contributed by atoms with E-state index in [1.807, 2.05) is 29.3 Å². The van der Waals surface area contributed by atoms with Crippen LogP contribution < -0.4 is 4.74 Å². The molecule has 0 amide bonds. The molecule has 6 heteroatoms. The minimum absolute atomic E-state index is 0.228. The van der Waals surface area contributed by atoms with Gasteiger partial charge in [-0.15, -0.1) is 0 Å². The van der Waals surface area contributed by atoms with E-state index in [0.29, 0.717) is 11.7 Å². The summed E-state index contributed by atoms with van der Waals surface area (Å²) in [6.07, 6.45) is 0.976. The van der Waals surface area contributed by atoms with Gasteiger partial charge in [0.25, 0.3) is 0 Å². The van der Waals surface area contributed by atoms with Gasteiger partial charge in [-0.2, -0.15) is 5.10 Å². The molecule has 3 aliphatic rings. The summed E-state index contributed by atoms with van der Waals surface area (Å²) in [6, 6.07) is 11.4. The second kappa shape index (κ2) is 4.96. The second-order valence-electron chi connectivity index (χ2n) is 6.24. The number of hydrogen-bond donors (Lipinski definition) is 0. The summed E-state index contributed by atoms with van der Waals surface area (Å²) in [5.74, 6) is 0.222. The van der Waals surface area contributed by atoms with Crippen molar-refractivity contribution in [1.29, 1.82) is 0 Å². The van der Waals surface area contributed by atoms with Gasteiger partial charge in [-0.3, -0.25) is 5.01 Å². The van der Waals surface area contributed by atoms with Crippen LogP contribution in [0.15, 0.2) is 47.6 Å². The Balaban J connectivity index is 1.64. The zero-order valence-electron chi connectivity index (χ0n) is 12.7. The minimum atomic E-state index is -0.455. The number of thioether (sulfide) groups is 1. The second-order valence-corrected chi connectivity index (χ2v) is 7.46. The first-order chi connectivity index (χ1) is 11.7. The fraction of sp³-hybridized carbons (Fsp3) is 0.278. The van der Waals surface area contributed by atoms with Crippen LogP contribution in [0.3, 0.4) is 0 Å². The Morgan fingerprint density at radius 2 is 2.08 bits per heavy atom. The first kappa shape index (κ1) is 14.3. The van der Waals surface area contributed by atoms with Crippen molar-refractivity contribution in [2.75, 3.05) is 13.2 Å². The highest BCUT2D eigenvalue weighted by atomic mass is 32.2. The first-order valence-electron chi connectivity index (χ1n) is 7.91. The maximum absolute atomic E-state index is 14.2. The summed E-state index contributed by atoms with van der Waals surface area (Å²) >= 11 is 1.52. The van der Waals surface area contributed by atoms with Gasteiger partial charge in [-0.05, 0) is 30.7 Å². The van der Waals surface area contributed by atoms with Crippen LogP contribution >= 0.6 is 11.8 Å². The maximum atomic E-state index is 14.2. The highest BCUT2D eigenvalue weighted by Crippen LogP contribution is 2.60. The van der Waals surface area contributed by atoms with Gasteiger partial charge >= 0.3 is 0 Å². The van der Waals surface area contributed by atoms with E-state index in [-0.39, 0.29) is 16.4 Å². The van der Waals surface area contributed by atoms with Gasteiger partial charge < -0.3 is 4.74 Å². The van der Waals surface area contributed by atoms with E-state index in [4.69, 9.17) is 4.74 Å². The van der Waals surface area contributed by atoms with Gasteiger partial charge in [-0.1, -0.05) is 30.0 Å². The van der Waals surface area contributed by atoms with Crippen molar-refractivity contribution < 1.29 is 13.5 Å². The molecule has 3 aliphatic heterocycles. The SMILES string of the molecule is Fc1ccc(F)c(C2=NN3CCC4COc5ccccc5C43S2)c1. The largest absolute Gasteiger partial charge is 0.493 e. The molecule has 2 aromatic carbocycles. The lowest BCUT2D eigenvalue weighted by Gasteiger charge is -2.40. The molecule has 3 heterocycles. The van der Waals surface area contributed by atoms with Crippen LogP contribution in [0, 0.1) is 17.6 Å². The average molecular weight is 344 g/mol. The number of nitrogens with zero attached hydrogens (tertiary/aromatic N) is 2. The third kappa shape index (κ3) is 1.80. The smallest absolute Gasteiger partial charge is 0.144 e. The number of fused-ring (bicyclic) bond motifs is 1. The van der Waals surface area contributed by atoms with Crippen LogP contribution in [-0.2, 0) is 4.87 Å². The lowest BCUT2D eigenvalue weighted by atomic mass is 9.91. The van der Waals surface area contributed by atoms with E-state index in [1.54, 1.807) is 0 Å². The molecule has 122 valence electrons. The molecule has 0 aromatic heterocycles. The van der Waals surface area contributed by atoms with Gasteiger partial charge in [-0.25, -0.2) is 8.78 Å². The van der Waals surface area contributed by atoms with Gasteiger partial charge in [0, 0.05) is 23.6 Å². The molecule has 1 fully saturated rings. The number of ether oxygens (including phenoxy) is 1. The molecule has 5 rings (SSSR count). The van der Waals surface area contributed by atoms with Crippen molar-refractivity contribution >= 4 is 16.8 Å². The van der Waals surface area contributed by atoms with E-state index in [1.165, 1.54) is 17.8 Å². The maximum Gasteiger partial charge on any atom is 0.144 e. The van der Waals surface area contributed by atoms with E-state index >= 15 is 0 Å². The third-order valence-corrected chi connectivity index (χ3v) is 6.53. The van der Waals surface area contributed by atoms with Crippen LogP contribution in [0.5, 0.6) is 5.75 Å². The summed E-state index contributed by atoms with van der Waals surface area (Å²) in [4.78, 5) is -0.372. The Hall–Kier alpha value is -2.08. The highest BCUT2D eigenvalue weighted by molar-refractivity contribution is 8.15. The zero-order valence-corrected chi connectivity index (χ0v) is 13.5. The average Bonchev–Trinajstić information content (AvgIpc) is 3.12. The predicted octanol–water partition coefficient (Wildman–Crippen LogP) is 3.94. The van der Waals surface area contributed by atoms with Crippen LogP contribution in [0.4, 0.5) is 8.78 Å². The van der Waals surface area contributed by atoms with Crippen LogP contribution in [0.2, 0.25) is 0 Å². The summed E-state index contributed by atoms with van der Waals surface area (Å²) < 4.78 is 33.7. The van der Waals surface area contributed by atoms with Crippen molar-refractivity contribution in [2.45, 2.75) is 11.3 Å². The zero-order chi connectivity index (χ0) is 16.3. The van der Waals surface area contributed by atoms with Crippen LogP contribution in [0.25, 0.3) is 0 Å². The standard InChI is InChI=1S/C18H14F2N2OS/c19-12-5-6-15(20)13(9-12)17-21-22-8-7-11-10-23-16-4-2-1-3-14(16)18(11,22)24-17/h1-6,9,11H,7-8,10H2. The minimum Gasteiger partial charge on any atom is -0.493 e. The molecule has 2 aromatic rings. The molecule has 1 saturated heterocycles. The monoisotopic (exact) mass is 344 g/mol. The number of benzene rings is 2. The highest BCUT2D eigenvalue weighted by Gasteiger charge is 2.58. The van der Waals surface area contributed by atoms with E-state index < -0.39 is 11.6 Å². The van der Waals surface area contributed by atoms with E-state index in [9.17, 15) is 8.78 Å². The van der Waals surface area contributed by atoms with Crippen molar-refractivity contribution in [2.24, 2.45) is 11.0 Å². The Bertz CT molecular complexity index is 872. The molecule has 0 bridgehead atoms. The number of para-hydroxylation sites is 1. The fourth-order valence-corrected chi connectivity index (χ4v) is 5.42. The van der Waals surface area contributed by atoms with Gasteiger partial charge in [0.15, 0.2) is 0 Å². The molecule has 1 spiro atoms. The summed E-state index contributed by atoms with van der Waals surface area (Å²) in [7, 11) is 0. The lowest BCUT2D eigenvalue weighted by Crippen LogP contribution is -2.42. The van der Waals surface area contributed by atoms with Crippen LogP contribution in [0.1, 0.15) is 17.5 Å². The Morgan fingerprint density at radius 1 is 1.21 bits per heavy atom. The molecule has 0 N–H and O–H groups in total. The molecular formula is C18H14F2N2OS. The summed E-state index contributed by atoms with van der Waals surface area (Å²) in [5, 5.41) is 7.21. The first-order valence-corrected chi connectivity index (χ1v) is 8.73. The molecule has 2 atom stereocenters. The topological polar surface area (TPSA) is 24.8 Å². The molecule has 0 saturated carbocycles.